The third kappa shape index (κ3) is 3.63. The largest absolute Gasteiger partial charge is 0.488 e. The average Bonchev–Trinajstić information content (AvgIpc) is 2.92. The number of para-hydroxylation sites is 1. The van der Waals surface area contributed by atoms with E-state index < -0.39 is 16.1 Å². The number of fused-ring (bicyclic) bond motifs is 1. The van der Waals surface area contributed by atoms with E-state index >= 15 is 0 Å². The first-order valence-electron chi connectivity index (χ1n) is 8.57. The van der Waals surface area contributed by atoms with Gasteiger partial charge in [-0.3, -0.25) is 0 Å². The van der Waals surface area contributed by atoms with E-state index in [1.807, 2.05) is 31.2 Å². The predicted molar refractivity (Wildman–Crippen MR) is 103 cm³/mol. The van der Waals surface area contributed by atoms with Crippen molar-refractivity contribution in [3.8, 4) is 5.75 Å². The number of ether oxygens (including phenoxy) is 1. The van der Waals surface area contributed by atoms with Crippen molar-refractivity contribution in [1.29, 1.82) is 0 Å². The summed E-state index contributed by atoms with van der Waals surface area (Å²) in [5.74, 6) is 0.755. The van der Waals surface area contributed by atoms with Gasteiger partial charge >= 0.3 is 6.03 Å². The van der Waals surface area contributed by atoms with E-state index in [-0.39, 0.29) is 17.0 Å². The summed E-state index contributed by atoms with van der Waals surface area (Å²) in [6.07, 6.45) is -0.199. The molecule has 1 aliphatic rings. The van der Waals surface area contributed by atoms with Crippen LogP contribution in [0.4, 0.5) is 10.5 Å². The van der Waals surface area contributed by atoms with Crippen LogP contribution in [0, 0.1) is 6.92 Å². The van der Waals surface area contributed by atoms with Gasteiger partial charge in [0.05, 0.1) is 10.9 Å². The van der Waals surface area contributed by atoms with Crippen LogP contribution in [0.3, 0.4) is 0 Å². The van der Waals surface area contributed by atoms with Gasteiger partial charge in [0.2, 0.25) is 10.0 Å². The topological polar surface area (TPSA) is 87.7 Å². The van der Waals surface area contributed by atoms with Gasteiger partial charge in [-0.05, 0) is 37.6 Å². The van der Waals surface area contributed by atoms with Crippen molar-refractivity contribution in [2.24, 2.45) is 0 Å². The Morgan fingerprint density at radius 2 is 1.81 bits per heavy atom. The van der Waals surface area contributed by atoms with Gasteiger partial charge in [-0.15, -0.1) is 0 Å². The molecule has 0 bridgehead atoms. The molecule has 7 nitrogen and oxygen atoms in total. The number of hydrogen-bond acceptors (Lipinski definition) is 4. The van der Waals surface area contributed by atoms with Crippen LogP contribution in [-0.2, 0) is 10.0 Å². The van der Waals surface area contributed by atoms with Gasteiger partial charge < -0.3 is 15.4 Å². The molecule has 0 fully saturated rings. The highest BCUT2D eigenvalue weighted by Gasteiger charge is 2.32. The Labute approximate surface area is 159 Å². The van der Waals surface area contributed by atoms with Crippen LogP contribution in [0.5, 0.6) is 5.75 Å². The fourth-order valence-electron chi connectivity index (χ4n) is 3.09. The van der Waals surface area contributed by atoms with E-state index in [0.29, 0.717) is 11.3 Å². The second-order valence-electron chi connectivity index (χ2n) is 6.65. The molecule has 27 heavy (non-hydrogen) atoms. The van der Waals surface area contributed by atoms with E-state index in [2.05, 4.69) is 10.6 Å². The lowest BCUT2D eigenvalue weighted by atomic mass is 10.1. The maximum atomic E-state index is 12.5. The molecule has 0 aliphatic carbocycles. The number of nitrogens with one attached hydrogen (secondary N) is 2. The molecular formula is C19H23N3O4S. The van der Waals surface area contributed by atoms with Gasteiger partial charge in [0.25, 0.3) is 0 Å². The summed E-state index contributed by atoms with van der Waals surface area (Å²) in [6, 6.07) is 11.7. The fraction of sp³-hybridized carbons (Fsp3) is 0.316. The van der Waals surface area contributed by atoms with Gasteiger partial charge in [0.15, 0.2) is 0 Å². The SMILES string of the molecule is Cc1c(NC(=O)NC2c3ccccc3OC2C)cccc1S(=O)(=O)N(C)C. The number of rotatable bonds is 4. The Balaban J connectivity index is 1.80. The molecule has 144 valence electrons. The van der Waals surface area contributed by atoms with Gasteiger partial charge in [0, 0.05) is 25.3 Å². The first kappa shape index (κ1) is 19.2. The molecule has 2 aromatic rings. The van der Waals surface area contributed by atoms with E-state index in [1.165, 1.54) is 20.2 Å². The standard InChI is InChI=1S/C19H23N3O4S/c1-12-15(9-7-11-17(12)27(24,25)22(3)4)20-19(23)21-18-13(2)26-16-10-6-5-8-14(16)18/h5-11,13,18H,1-4H3,(H2,20,21,23). The van der Waals surface area contributed by atoms with E-state index in [4.69, 9.17) is 4.74 Å². The number of sulfonamides is 1. The lowest BCUT2D eigenvalue weighted by Crippen LogP contribution is -2.37. The smallest absolute Gasteiger partial charge is 0.319 e. The van der Waals surface area contributed by atoms with Gasteiger partial charge in [0.1, 0.15) is 11.9 Å². The second-order valence-corrected chi connectivity index (χ2v) is 8.77. The highest BCUT2D eigenvalue weighted by atomic mass is 32.2. The van der Waals surface area contributed by atoms with E-state index in [1.54, 1.807) is 19.1 Å². The molecule has 0 saturated heterocycles. The molecule has 2 atom stereocenters. The first-order valence-corrected chi connectivity index (χ1v) is 10.0. The maximum absolute atomic E-state index is 12.5. The molecule has 8 heteroatoms. The van der Waals surface area contributed by atoms with Crippen molar-refractivity contribution >= 4 is 21.7 Å². The van der Waals surface area contributed by atoms with Crippen molar-refractivity contribution in [3.05, 3.63) is 53.6 Å². The van der Waals surface area contributed by atoms with Gasteiger partial charge in [-0.25, -0.2) is 17.5 Å². The number of nitrogens with zero attached hydrogens (tertiary/aromatic N) is 1. The molecule has 0 saturated carbocycles. The number of carbonyl (C=O) groups is 1. The Kier molecular flexibility index (Phi) is 5.12. The maximum Gasteiger partial charge on any atom is 0.319 e. The summed E-state index contributed by atoms with van der Waals surface area (Å²) >= 11 is 0. The molecular weight excluding hydrogens is 366 g/mol. The van der Waals surface area contributed by atoms with Crippen LogP contribution >= 0.6 is 0 Å². The summed E-state index contributed by atoms with van der Waals surface area (Å²) in [5.41, 5.74) is 1.84. The summed E-state index contributed by atoms with van der Waals surface area (Å²) in [7, 11) is -0.650. The number of urea groups is 1. The van der Waals surface area contributed by atoms with Crippen LogP contribution in [-0.4, -0.2) is 39.0 Å². The second kappa shape index (κ2) is 7.21. The third-order valence-electron chi connectivity index (χ3n) is 4.61. The highest BCUT2D eigenvalue weighted by Crippen LogP contribution is 2.36. The Bertz CT molecular complexity index is 973. The van der Waals surface area contributed by atoms with Crippen LogP contribution in [0.15, 0.2) is 47.4 Å². The quantitative estimate of drug-likeness (QED) is 0.842. The summed E-state index contributed by atoms with van der Waals surface area (Å²) in [5, 5.41) is 5.66. The third-order valence-corrected chi connectivity index (χ3v) is 6.57. The minimum Gasteiger partial charge on any atom is -0.488 e. The molecule has 2 amide bonds. The van der Waals surface area contributed by atoms with Gasteiger partial charge in [-0.1, -0.05) is 24.3 Å². The van der Waals surface area contributed by atoms with Crippen molar-refractivity contribution in [2.75, 3.05) is 19.4 Å². The molecule has 0 aromatic heterocycles. The molecule has 1 heterocycles. The van der Waals surface area contributed by atoms with Crippen molar-refractivity contribution in [3.63, 3.8) is 0 Å². The minimum absolute atomic E-state index is 0.160. The zero-order valence-electron chi connectivity index (χ0n) is 15.7. The van der Waals surface area contributed by atoms with Crippen molar-refractivity contribution in [1.82, 2.24) is 9.62 Å². The zero-order chi connectivity index (χ0) is 19.8. The zero-order valence-corrected chi connectivity index (χ0v) is 16.5. The molecule has 2 unspecified atom stereocenters. The van der Waals surface area contributed by atoms with E-state index in [0.717, 1.165) is 15.6 Å². The van der Waals surface area contributed by atoms with E-state index in [9.17, 15) is 13.2 Å². The normalized spacial score (nSPS) is 18.7. The molecule has 0 spiro atoms. The number of anilines is 1. The van der Waals surface area contributed by atoms with Crippen LogP contribution in [0.1, 0.15) is 24.1 Å². The lowest BCUT2D eigenvalue weighted by Gasteiger charge is -2.19. The fourth-order valence-corrected chi connectivity index (χ4v) is 4.23. The Hall–Kier alpha value is -2.58. The first-order chi connectivity index (χ1) is 12.7. The lowest BCUT2D eigenvalue weighted by molar-refractivity contribution is 0.204. The number of carbonyl (C=O) groups excluding carboxylic acids is 1. The molecule has 2 aromatic carbocycles. The monoisotopic (exact) mass is 389 g/mol. The molecule has 3 rings (SSSR count). The number of benzene rings is 2. The summed E-state index contributed by atoms with van der Waals surface area (Å²) < 4.78 is 31.8. The minimum atomic E-state index is -3.60. The molecule has 0 radical (unpaired) electrons. The van der Waals surface area contributed by atoms with Crippen molar-refractivity contribution < 1.29 is 17.9 Å². The Morgan fingerprint density at radius 3 is 2.52 bits per heavy atom. The van der Waals surface area contributed by atoms with Crippen LogP contribution in [0.2, 0.25) is 0 Å². The van der Waals surface area contributed by atoms with Crippen LogP contribution in [0.25, 0.3) is 0 Å². The Morgan fingerprint density at radius 1 is 1.11 bits per heavy atom. The van der Waals surface area contributed by atoms with Crippen molar-refractivity contribution in [2.45, 2.75) is 30.9 Å². The summed E-state index contributed by atoms with van der Waals surface area (Å²) in [4.78, 5) is 12.7. The van der Waals surface area contributed by atoms with Gasteiger partial charge in [-0.2, -0.15) is 0 Å². The number of hydrogen-bond donors (Lipinski definition) is 2. The van der Waals surface area contributed by atoms with Crippen LogP contribution < -0.4 is 15.4 Å². The summed E-state index contributed by atoms with van der Waals surface area (Å²) in [6.45, 7) is 3.56. The molecule has 1 aliphatic heterocycles. The predicted octanol–water partition coefficient (Wildman–Crippen LogP) is 2.89. The number of amides is 2. The average molecular weight is 389 g/mol. The highest BCUT2D eigenvalue weighted by molar-refractivity contribution is 7.89. The molecule has 2 N–H and O–H groups in total.